The second-order valence-corrected chi connectivity index (χ2v) is 3.76. The highest BCUT2D eigenvalue weighted by atomic mass is 16.6. The predicted molar refractivity (Wildman–Crippen MR) is 68.2 cm³/mol. The van der Waals surface area contributed by atoms with E-state index in [2.05, 4.69) is 5.32 Å². The normalized spacial score (nSPS) is 13.7. The molecule has 0 saturated heterocycles. The Morgan fingerprint density at radius 2 is 1.84 bits per heavy atom. The van der Waals surface area contributed by atoms with Gasteiger partial charge >= 0.3 is 0 Å². The summed E-state index contributed by atoms with van der Waals surface area (Å²) in [6, 6.07) is 5.09. The van der Waals surface area contributed by atoms with E-state index >= 15 is 0 Å². The van der Waals surface area contributed by atoms with Crippen LogP contribution in [0.3, 0.4) is 0 Å². The molecule has 1 aliphatic heterocycles. The number of ether oxygens (including phenoxy) is 4. The number of hydrogen-bond donors (Lipinski definition) is 1. The van der Waals surface area contributed by atoms with Gasteiger partial charge in [0.1, 0.15) is 31.0 Å². The standard InChI is InChI=1S/C13H15NO5/c1-16-10-5-9(6-11(7-10)17-2)14-13(15)12-8-18-3-4-19-12/h5-8H,3-4H2,1-2H3,(H,14,15). The Morgan fingerprint density at radius 3 is 2.37 bits per heavy atom. The molecule has 0 aromatic heterocycles. The molecule has 0 bridgehead atoms. The average Bonchev–Trinajstić information content (AvgIpc) is 2.47. The second-order valence-electron chi connectivity index (χ2n) is 3.76. The molecule has 19 heavy (non-hydrogen) atoms. The van der Waals surface area contributed by atoms with Crippen molar-refractivity contribution in [2.45, 2.75) is 0 Å². The molecule has 1 aromatic rings. The van der Waals surface area contributed by atoms with Gasteiger partial charge in [-0.3, -0.25) is 4.79 Å². The first kappa shape index (κ1) is 13.1. The summed E-state index contributed by atoms with van der Waals surface area (Å²) in [6.45, 7) is 0.810. The fourth-order valence-electron chi connectivity index (χ4n) is 1.56. The molecule has 6 nitrogen and oxygen atoms in total. The third kappa shape index (κ3) is 3.31. The molecule has 0 unspecified atom stereocenters. The maximum Gasteiger partial charge on any atom is 0.294 e. The van der Waals surface area contributed by atoms with Gasteiger partial charge in [0.15, 0.2) is 0 Å². The van der Waals surface area contributed by atoms with E-state index < -0.39 is 0 Å². The van der Waals surface area contributed by atoms with Crippen molar-refractivity contribution in [2.75, 3.05) is 32.8 Å². The minimum atomic E-state index is -0.380. The zero-order valence-electron chi connectivity index (χ0n) is 10.8. The first-order valence-corrected chi connectivity index (χ1v) is 5.72. The summed E-state index contributed by atoms with van der Waals surface area (Å²) in [6.07, 6.45) is 1.30. The van der Waals surface area contributed by atoms with Crippen LogP contribution >= 0.6 is 0 Å². The lowest BCUT2D eigenvalue weighted by Gasteiger charge is -2.15. The van der Waals surface area contributed by atoms with Crippen molar-refractivity contribution in [3.8, 4) is 11.5 Å². The van der Waals surface area contributed by atoms with Crippen LogP contribution in [0.1, 0.15) is 0 Å². The molecule has 1 amide bonds. The van der Waals surface area contributed by atoms with Gasteiger partial charge < -0.3 is 24.3 Å². The van der Waals surface area contributed by atoms with E-state index in [1.54, 1.807) is 32.4 Å². The summed E-state index contributed by atoms with van der Waals surface area (Å²) < 4.78 is 20.5. The van der Waals surface area contributed by atoms with Crippen LogP contribution in [0.2, 0.25) is 0 Å². The maximum absolute atomic E-state index is 11.9. The molecule has 0 aliphatic carbocycles. The van der Waals surface area contributed by atoms with Crippen molar-refractivity contribution in [1.82, 2.24) is 0 Å². The van der Waals surface area contributed by atoms with E-state index in [4.69, 9.17) is 18.9 Å². The van der Waals surface area contributed by atoms with Crippen molar-refractivity contribution in [3.63, 3.8) is 0 Å². The fraction of sp³-hybridized carbons (Fsp3) is 0.308. The number of rotatable bonds is 4. The van der Waals surface area contributed by atoms with Crippen molar-refractivity contribution in [3.05, 3.63) is 30.2 Å². The molecule has 1 N–H and O–H groups in total. The molecule has 0 saturated carbocycles. The van der Waals surface area contributed by atoms with Gasteiger partial charge in [-0.2, -0.15) is 0 Å². The molecule has 0 atom stereocenters. The monoisotopic (exact) mass is 265 g/mol. The van der Waals surface area contributed by atoms with E-state index in [1.807, 2.05) is 0 Å². The number of methoxy groups -OCH3 is 2. The molecule has 0 fully saturated rings. The van der Waals surface area contributed by atoms with E-state index in [-0.39, 0.29) is 11.7 Å². The van der Waals surface area contributed by atoms with E-state index in [0.717, 1.165) is 0 Å². The highest BCUT2D eigenvalue weighted by Crippen LogP contribution is 2.26. The average molecular weight is 265 g/mol. The van der Waals surface area contributed by atoms with Crippen LogP contribution in [0.5, 0.6) is 11.5 Å². The predicted octanol–water partition coefficient (Wildman–Crippen LogP) is 1.53. The van der Waals surface area contributed by atoms with E-state index in [1.165, 1.54) is 6.26 Å². The van der Waals surface area contributed by atoms with Crippen LogP contribution in [0, 0.1) is 0 Å². The van der Waals surface area contributed by atoms with Gasteiger partial charge in [-0.15, -0.1) is 0 Å². The number of nitrogens with one attached hydrogen (secondary N) is 1. The Hall–Kier alpha value is -2.37. The third-order valence-corrected chi connectivity index (χ3v) is 2.48. The number of amides is 1. The van der Waals surface area contributed by atoms with Crippen LogP contribution in [0.15, 0.2) is 30.2 Å². The van der Waals surface area contributed by atoms with Gasteiger partial charge in [0.05, 0.1) is 14.2 Å². The Morgan fingerprint density at radius 1 is 1.16 bits per heavy atom. The molecular formula is C13H15NO5. The molecule has 6 heteroatoms. The maximum atomic E-state index is 11.9. The van der Waals surface area contributed by atoms with Gasteiger partial charge in [0, 0.05) is 23.9 Å². The lowest BCUT2D eigenvalue weighted by Crippen LogP contribution is -2.21. The lowest BCUT2D eigenvalue weighted by molar-refractivity contribution is -0.117. The van der Waals surface area contributed by atoms with Crippen LogP contribution in [0.25, 0.3) is 0 Å². The highest BCUT2D eigenvalue weighted by Gasteiger charge is 2.15. The minimum Gasteiger partial charge on any atom is -0.497 e. The lowest BCUT2D eigenvalue weighted by atomic mass is 10.2. The largest absolute Gasteiger partial charge is 0.497 e. The number of hydrogen-bond acceptors (Lipinski definition) is 5. The number of carbonyl (C=O) groups is 1. The molecule has 2 rings (SSSR count). The quantitative estimate of drug-likeness (QED) is 0.894. The molecular weight excluding hydrogens is 250 g/mol. The van der Waals surface area contributed by atoms with Gasteiger partial charge in [-0.05, 0) is 0 Å². The van der Waals surface area contributed by atoms with E-state index in [0.29, 0.717) is 30.4 Å². The Kier molecular flexibility index (Phi) is 4.12. The zero-order valence-corrected chi connectivity index (χ0v) is 10.8. The Balaban J connectivity index is 2.13. The van der Waals surface area contributed by atoms with E-state index in [9.17, 15) is 4.79 Å². The van der Waals surface area contributed by atoms with Crippen molar-refractivity contribution >= 4 is 11.6 Å². The van der Waals surface area contributed by atoms with Gasteiger partial charge in [-0.25, -0.2) is 0 Å². The summed E-state index contributed by atoms with van der Waals surface area (Å²) in [7, 11) is 3.09. The number of carbonyl (C=O) groups excluding carboxylic acids is 1. The van der Waals surface area contributed by atoms with Crippen molar-refractivity contribution in [1.29, 1.82) is 0 Å². The summed E-state index contributed by atoms with van der Waals surface area (Å²) >= 11 is 0. The topological polar surface area (TPSA) is 66.0 Å². The van der Waals surface area contributed by atoms with Crippen LogP contribution in [-0.4, -0.2) is 33.3 Å². The molecule has 1 aromatic carbocycles. The first-order valence-electron chi connectivity index (χ1n) is 5.72. The highest BCUT2D eigenvalue weighted by molar-refractivity contribution is 6.02. The SMILES string of the molecule is COc1cc(NC(=O)C2=COCCO2)cc(OC)c1. The smallest absolute Gasteiger partial charge is 0.294 e. The van der Waals surface area contributed by atoms with Crippen LogP contribution in [-0.2, 0) is 14.3 Å². The van der Waals surface area contributed by atoms with Crippen LogP contribution < -0.4 is 14.8 Å². The minimum absolute atomic E-state index is 0.146. The molecule has 1 aliphatic rings. The fourth-order valence-corrected chi connectivity index (χ4v) is 1.56. The summed E-state index contributed by atoms with van der Waals surface area (Å²) in [5, 5.41) is 2.69. The number of benzene rings is 1. The van der Waals surface area contributed by atoms with Gasteiger partial charge in [-0.1, -0.05) is 0 Å². The molecule has 0 radical (unpaired) electrons. The molecule has 102 valence electrons. The summed E-state index contributed by atoms with van der Waals surface area (Å²) in [4.78, 5) is 11.9. The molecule has 0 spiro atoms. The Labute approximate surface area is 110 Å². The first-order chi connectivity index (χ1) is 9.22. The van der Waals surface area contributed by atoms with Gasteiger partial charge in [0.25, 0.3) is 5.91 Å². The van der Waals surface area contributed by atoms with Crippen LogP contribution in [0.4, 0.5) is 5.69 Å². The number of anilines is 1. The van der Waals surface area contributed by atoms with Crippen molar-refractivity contribution in [2.24, 2.45) is 0 Å². The van der Waals surface area contributed by atoms with Crippen molar-refractivity contribution < 1.29 is 23.7 Å². The van der Waals surface area contributed by atoms with Gasteiger partial charge in [0.2, 0.25) is 5.76 Å². The Bertz CT molecular complexity index is 476. The zero-order chi connectivity index (χ0) is 13.7. The second kappa shape index (κ2) is 5.99. The summed E-state index contributed by atoms with van der Waals surface area (Å²) in [5.41, 5.74) is 0.552. The summed E-state index contributed by atoms with van der Waals surface area (Å²) in [5.74, 6) is 0.942. The third-order valence-electron chi connectivity index (χ3n) is 2.48. The molecule has 1 heterocycles.